The molecular weight excluding hydrogens is 366 g/mol. The Labute approximate surface area is 162 Å². The molecule has 0 radical (unpaired) electrons. The summed E-state index contributed by atoms with van der Waals surface area (Å²) in [5.74, 6) is -0.0251. The molecule has 0 spiro atoms. The normalized spacial score (nSPS) is 11.0. The summed E-state index contributed by atoms with van der Waals surface area (Å²) in [5, 5.41) is 30.9. The van der Waals surface area contributed by atoms with Crippen LogP contribution in [0.25, 0.3) is 0 Å². The number of nitrogens with zero attached hydrogens (tertiary/aromatic N) is 1. The van der Waals surface area contributed by atoms with Crippen LogP contribution in [0.3, 0.4) is 0 Å². The van der Waals surface area contributed by atoms with Crippen molar-refractivity contribution in [1.29, 1.82) is 0 Å². The molecule has 0 aliphatic carbocycles. The molecule has 0 aliphatic rings. The van der Waals surface area contributed by atoms with Gasteiger partial charge < -0.3 is 21.3 Å². The van der Waals surface area contributed by atoms with Crippen LogP contribution in [0.1, 0.15) is 27.2 Å². The Morgan fingerprint density at radius 3 is 2.32 bits per heavy atom. The Kier molecular flexibility index (Phi) is 11.0. The van der Waals surface area contributed by atoms with Crippen LogP contribution in [-0.2, 0) is 0 Å². The van der Waals surface area contributed by atoms with Crippen LogP contribution in [-0.4, -0.2) is 21.7 Å². The molecule has 0 saturated heterocycles. The van der Waals surface area contributed by atoms with E-state index in [-0.39, 0.29) is 30.2 Å². The molecule has 0 aromatic heterocycles. The van der Waals surface area contributed by atoms with Gasteiger partial charge in [-0.15, -0.1) is 0 Å². The van der Waals surface area contributed by atoms with Crippen molar-refractivity contribution >= 4 is 11.4 Å². The predicted molar refractivity (Wildman–Crippen MR) is 109 cm³/mol. The number of aliphatic hydroxyl groups is 1. The van der Waals surface area contributed by atoms with E-state index in [1.807, 2.05) is 13.8 Å². The zero-order valence-electron chi connectivity index (χ0n) is 16.0. The molecule has 5 N–H and O–H groups in total. The van der Waals surface area contributed by atoms with Gasteiger partial charge in [-0.25, -0.2) is 0 Å². The number of rotatable bonds is 6. The Bertz CT molecular complexity index is 895. The number of allylic oxidation sites excluding steroid dienone is 1. The Morgan fingerprint density at radius 2 is 1.86 bits per heavy atom. The summed E-state index contributed by atoms with van der Waals surface area (Å²) in [6.07, 6.45) is 2.94. The van der Waals surface area contributed by atoms with Crippen LogP contribution in [0.2, 0.25) is 0 Å². The highest BCUT2D eigenvalue weighted by Crippen LogP contribution is 2.24. The van der Waals surface area contributed by atoms with Gasteiger partial charge in [0.2, 0.25) is 17.4 Å². The first-order valence-electron chi connectivity index (χ1n) is 8.50. The topological polar surface area (TPSA) is 156 Å². The monoisotopic (exact) mass is 391 g/mol. The summed E-state index contributed by atoms with van der Waals surface area (Å²) < 4.78 is 0. The van der Waals surface area contributed by atoms with Gasteiger partial charge in [-0.1, -0.05) is 32.1 Å². The van der Waals surface area contributed by atoms with E-state index in [0.717, 1.165) is 6.08 Å². The lowest BCUT2D eigenvalue weighted by Crippen LogP contribution is -2.31. The van der Waals surface area contributed by atoms with Crippen molar-refractivity contribution < 1.29 is 15.1 Å². The van der Waals surface area contributed by atoms with Crippen molar-refractivity contribution in [2.45, 2.75) is 27.2 Å². The van der Waals surface area contributed by atoms with Crippen LogP contribution < -0.4 is 21.9 Å². The number of para-hydroxylation sites is 2. The maximum absolute atomic E-state index is 10.9. The first-order valence-corrected chi connectivity index (χ1v) is 8.50. The van der Waals surface area contributed by atoms with E-state index < -0.39 is 15.8 Å². The minimum absolute atomic E-state index is 0.0422. The fourth-order valence-corrected chi connectivity index (χ4v) is 1.70. The van der Waals surface area contributed by atoms with E-state index in [0.29, 0.717) is 11.4 Å². The van der Waals surface area contributed by atoms with Crippen molar-refractivity contribution in [2.75, 3.05) is 11.9 Å². The van der Waals surface area contributed by atoms with Crippen LogP contribution in [0.4, 0.5) is 11.4 Å². The molecule has 28 heavy (non-hydrogen) atoms. The predicted octanol–water partition coefficient (Wildman–Crippen LogP) is 2.72. The molecule has 9 heteroatoms. The van der Waals surface area contributed by atoms with Crippen LogP contribution in [0.15, 0.2) is 63.5 Å². The first kappa shape index (κ1) is 24.4. The van der Waals surface area contributed by atoms with E-state index in [2.05, 4.69) is 5.32 Å². The molecule has 152 valence electrons. The van der Waals surface area contributed by atoms with Crippen LogP contribution in [0, 0.1) is 10.1 Å². The summed E-state index contributed by atoms with van der Waals surface area (Å²) in [6.45, 7) is 5.36. The number of benzene rings is 1. The molecule has 2 aromatic rings. The molecule has 0 unspecified atom stereocenters. The van der Waals surface area contributed by atoms with Crippen molar-refractivity contribution in [3.05, 3.63) is 84.5 Å². The van der Waals surface area contributed by atoms with E-state index in [9.17, 15) is 24.8 Å². The Balaban J connectivity index is 0.000000485. The molecule has 0 amide bonds. The molecule has 2 aromatic carbocycles. The summed E-state index contributed by atoms with van der Waals surface area (Å²) in [7, 11) is 0. The van der Waals surface area contributed by atoms with Gasteiger partial charge in [-0.2, -0.15) is 0 Å². The Morgan fingerprint density at radius 1 is 1.25 bits per heavy atom. The van der Waals surface area contributed by atoms with E-state index in [1.54, 1.807) is 31.2 Å². The van der Waals surface area contributed by atoms with Gasteiger partial charge in [0.15, 0.2) is 0 Å². The molecule has 0 heterocycles. The minimum atomic E-state index is -0.548. The number of aromatic hydroxyl groups is 1. The number of nitro groups is 1. The summed E-state index contributed by atoms with van der Waals surface area (Å²) >= 11 is 0. The van der Waals surface area contributed by atoms with E-state index in [1.165, 1.54) is 12.1 Å². The smallest absolute Gasteiger partial charge is 0.249 e. The number of nitrogens with two attached hydrogens (primary N) is 1. The zero-order chi connectivity index (χ0) is 21.7. The number of aliphatic hydroxyl groups excluding tert-OH is 1. The van der Waals surface area contributed by atoms with Crippen molar-refractivity contribution in [1.82, 2.24) is 0 Å². The van der Waals surface area contributed by atoms with E-state index >= 15 is 0 Å². The van der Waals surface area contributed by atoms with E-state index in [4.69, 9.17) is 10.8 Å². The molecule has 0 fully saturated rings. The fourth-order valence-electron chi connectivity index (χ4n) is 1.70. The second-order valence-electron chi connectivity index (χ2n) is 5.14. The molecule has 0 saturated carbocycles. The third-order valence-electron chi connectivity index (χ3n) is 3.15. The zero-order valence-corrected chi connectivity index (χ0v) is 16.0. The third-order valence-corrected chi connectivity index (χ3v) is 3.15. The number of nitrogens with one attached hydrogen (secondary N) is 1. The molecule has 0 atom stereocenters. The summed E-state index contributed by atoms with van der Waals surface area (Å²) in [4.78, 5) is 30.8. The number of phenols is 1. The lowest BCUT2D eigenvalue weighted by Gasteiger charge is -2.07. The average Bonchev–Trinajstić information content (AvgIpc) is 2.69. The maximum Gasteiger partial charge on any atom is 0.249 e. The van der Waals surface area contributed by atoms with Gasteiger partial charge in [-0.3, -0.25) is 19.7 Å². The largest absolute Gasteiger partial charge is 0.512 e. The van der Waals surface area contributed by atoms with Gasteiger partial charge in [0.05, 0.1) is 11.4 Å². The fraction of sp³-hybridized carbons (Fsp3) is 0.263. The van der Waals surface area contributed by atoms with Gasteiger partial charge in [0.25, 0.3) is 0 Å². The standard InChI is InChI=1S/C10H7NO3.C7H12N2O3.C2H6/c12-8-4-2-1-3-6(8)11-7-5-9(13)10(7)14;1-2-6(8)5-7(10)3-4-9(11)12;1-2/h1-5,11-12H;2-3,10H,4-5,8H2,1H3;1-2H3/b;6-2+,7-3+;. The average molecular weight is 391 g/mol. The third kappa shape index (κ3) is 8.65. The highest BCUT2D eigenvalue weighted by Gasteiger charge is 2.10. The molecule has 9 nitrogen and oxygen atoms in total. The number of hydrogen-bond donors (Lipinski definition) is 4. The number of hydrogen-bond acceptors (Lipinski definition) is 8. The van der Waals surface area contributed by atoms with Crippen LogP contribution in [0.5, 0.6) is 5.75 Å². The number of anilines is 2. The molecular formula is C19H25N3O6. The van der Waals surface area contributed by atoms with Gasteiger partial charge in [0.1, 0.15) is 11.5 Å². The number of phenolic OH excluding ortho intramolecular Hbond substituents is 1. The maximum atomic E-state index is 10.9. The molecule has 0 aliphatic heterocycles. The second-order valence-corrected chi connectivity index (χ2v) is 5.14. The van der Waals surface area contributed by atoms with Gasteiger partial charge in [0, 0.05) is 29.2 Å². The van der Waals surface area contributed by atoms with Gasteiger partial charge >= 0.3 is 0 Å². The minimum Gasteiger partial charge on any atom is -0.512 e. The highest BCUT2D eigenvalue weighted by atomic mass is 16.6. The summed E-state index contributed by atoms with van der Waals surface area (Å²) in [5.41, 5.74) is 5.44. The van der Waals surface area contributed by atoms with Crippen molar-refractivity contribution in [3.8, 4) is 5.75 Å². The Hall–Kier alpha value is -3.62. The SMILES string of the molecule is C/C=C(/N)C/C(O)=C\C[N+](=O)[O-].CC.O=c1cc(Nc2ccccc2O)c1=O. The van der Waals surface area contributed by atoms with Crippen molar-refractivity contribution in [2.24, 2.45) is 5.73 Å². The molecule has 0 bridgehead atoms. The molecule has 2 rings (SSSR count). The quantitative estimate of drug-likeness (QED) is 0.192. The lowest BCUT2D eigenvalue weighted by atomic mass is 10.2. The van der Waals surface area contributed by atoms with Crippen LogP contribution >= 0.6 is 0 Å². The van der Waals surface area contributed by atoms with Crippen molar-refractivity contribution in [3.63, 3.8) is 0 Å². The summed E-state index contributed by atoms with van der Waals surface area (Å²) in [6, 6.07) is 7.70. The first-order chi connectivity index (χ1) is 13.2. The lowest BCUT2D eigenvalue weighted by molar-refractivity contribution is -0.468. The van der Waals surface area contributed by atoms with Gasteiger partial charge in [-0.05, 0) is 19.1 Å². The second kappa shape index (κ2) is 12.7. The highest BCUT2D eigenvalue weighted by molar-refractivity contribution is 5.66.